The number of ether oxygens (including phenoxy) is 2. The summed E-state index contributed by atoms with van der Waals surface area (Å²) in [4.78, 5) is 25.1. The van der Waals surface area contributed by atoms with Crippen LogP contribution in [-0.2, 0) is 0 Å². The lowest BCUT2D eigenvalue weighted by molar-refractivity contribution is 0.0845. The van der Waals surface area contributed by atoms with Crippen LogP contribution in [0.4, 0.5) is 0 Å². The highest BCUT2D eigenvalue weighted by Crippen LogP contribution is 2.23. The number of nitriles is 1. The molecular formula is C19H17NO4. The zero-order valence-electron chi connectivity index (χ0n) is 13.7. The molecule has 5 nitrogen and oxygen atoms in total. The van der Waals surface area contributed by atoms with E-state index in [0.29, 0.717) is 11.5 Å². The van der Waals surface area contributed by atoms with Crippen LogP contribution in [0.5, 0.6) is 11.5 Å². The summed E-state index contributed by atoms with van der Waals surface area (Å²) in [6, 6.07) is 13.0. The molecule has 1 atom stereocenters. The minimum absolute atomic E-state index is 0.269. The van der Waals surface area contributed by atoms with E-state index in [1.165, 1.54) is 26.4 Å². The van der Waals surface area contributed by atoms with Crippen LogP contribution >= 0.6 is 0 Å². The Labute approximate surface area is 140 Å². The number of benzene rings is 2. The van der Waals surface area contributed by atoms with Crippen molar-refractivity contribution in [2.45, 2.75) is 6.92 Å². The Morgan fingerprint density at radius 3 is 2.08 bits per heavy atom. The second kappa shape index (κ2) is 7.42. The molecule has 0 saturated carbocycles. The van der Waals surface area contributed by atoms with Crippen molar-refractivity contribution in [3.05, 3.63) is 59.2 Å². The molecule has 0 fully saturated rings. The highest BCUT2D eigenvalue weighted by Gasteiger charge is 2.28. The number of ketones is 2. The number of nitrogens with zero attached hydrogens (tertiary/aromatic N) is 1. The molecule has 2 rings (SSSR count). The molecule has 0 saturated heterocycles. The third-order valence-corrected chi connectivity index (χ3v) is 3.72. The topological polar surface area (TPSA) is 76.4 Å². The van der Waals surface area contributed by atoms with Gasteiger partial charge in [0.05, 0.1) is 20.3 Å². The molecule has 5 heteroatoms. The molecule has 122 valence electrons. The van der Waals surface area contributed by atoms with Crippen molar-refractivity contribution < 1.29 is 19.1 Å². The van der Waals surface area contributed by atoms with Gasteiger partial charge >= 0.3 is 0 Å². The third-order valence-electron chi connectivity index (χ3n) is 3.72. The lowest BCUT2D eigenvalue weighted by Crippen LogP contribution is -2.23. The molecule has 0 aliphatic heterocycles. The van der Waals surface area contributed by atoms with Gasteiger partial charge in [-0.25, -0.2) is 0 Å². The third kappa shape index (κ3) is 3.44. The molecule has 0 radical (unpaired) electrons. The summed E-state index contributed by atoms with van der Waals surface area (Å²) in [7, 11) is 3.02. The number of hydrogen-bond acceptors (Lipinski definition) is 5. The first-order valence-electron chi connectivity index (χ1n) is 7.28. The van der Waals surface area contributed by atoms with Gasteiger partial charge in [-0.1, -0.05) is 12.1 Å². The molecule has 0 aromatic heterocycles. The first-order chi connectivity index (χ1) is 11.5. The lowest BCUT2D eigenvalue weighted by Gasteiger charge is -2.10. The molecule has 0 unspecified atom stereocenters. The zero-order valence-corrected chi connectivity index (χ0v) is 13.7. The number of hydrogen-bond donors (Lipinski definition) is 0. The molecule has 2 aromatic rings. The van der Waals surface area contributed by atoms with Gasteiger partial charge in [-0.05, 0) is 42.8 Å². The van der Waals surface area contributed by atoms with Crippen LogP contribution in [0.2, 0.25) is 0 Å². The Balaban J connectivity index is 2.31. The van der Waals surface area contributed by atoms with Gasteiger partial charge in [0.25, 0.3) is 0 Å². The molecule has 0 spiro atoms. The van der Waals surface area contributed by atoms with E-state index >= 15 is 0 Å². The monoisotopic (exact) mass is 323 g/mol. The maximum absolute atomic E-state index is 12.6. The largest absolute Gasteiger partial charge is 0.497 e. The Hall–Kier alpha value is -3.13. The Morgan fingerprint density at radius 1 is 0.958 bits per heavy atom. The van der Waals surface area contributed by atoms with Crippen LogP contribution in [0.15, 0.2) is 42.5 Å². The number of carbonyl (C=O) groups is 2. The Morgan fingerprint density at radius 2 is 1.54 bits per heavy atom. The SMILES string of the molecule is COc1ccc(C(=O)[C@H](C#N)C(=O)c2ccc(C)c(OC)c2)cc1. The fraction of sp³-hybridized carbons (Fsp3) is 0.211. The highest BCUT2D eigenvalue weighted by atomic mass is 16.5. The molecule has 24 heavy (non-hydrogen) atoms. The van der Waals surface area contributed by atoms with Gasteiger partial charge in [0.1, 0.15) is 11.5 Å². The van der Waals surface area contributed by atoms with Crippen molar-refractivity contribution in [1.82, 2.24) is 0 Å². The van der Waals surface area contributed by atoms with Crippen molar-refractivity contribution in [2.75, 3.05) is 14.2 Å². The molecule has 0 aliphatic rings. The van der Waals surface area contributed by atoms with E-state index in [9.17, 15) is 14.9 Å². The minimum Gasteiger partial charge on any atom is -0.497 e. The molecule has 0 bridgehead atoms. The van der Waals surface area contributed by atoms with Gasteiger partial charge < -0.3 is 9.47 Å². The first kappa shape index (κ1) is 17.2. The summed E-state index contributed by atoms with van der Waals surface area (Å²) in [5.41, 5.74) is 1.42. The van der Waals surface area contributed by atoms with Crippen LogP contribution in [-0.4, -0.2) is 25.8 Å². The highest BCUT2D eigenvalue weighted by molar-refractivity contribution is 6.18. The van der Waals surface area contributed by atoms with Gasteiger partial charge in [0.2, 0.25) is 0 Å². The lowest BCUT2D eigenvalue weighted by atomic mass is 9.90. The van der Waals surface area contributed by atoms with E-state index in [-0.39, 0.29) is 11.1 Å². The Bertz CT molecular complexity index is 803. The summed E-state index contributed by atoms with van der Waals surface area (Å²) in [6.45, 7) is 1.84. The van der Waals surface area contributed by atoms with Crippen LogP contribution in [0.25, 0.3) is 0 Å². The number of aryl methyl sites for hydroxylation is 1. The first-order valence-corrected chi connectivity index (χ1v) is 7.28. The van der Waals surface area contributed by atoms with E-state index in [1.54, 1.807) is 30.3 Å². The fourth-order valence-corrected chi connectivity index (χ4v) is 2.30. The Kier molecular flexibility index (Phi) is 5.33. The second-order valence-electron chi connectivity index (χ2n) is 5.20. The second-order valence-corrected chi connectivity index (χ2v) is 5.20. The average molecular weight is 323 g/mol. The van der Waals surface area contributed by atoms with Crippen LogP contribution < -0.4 is 9.47 Å². The standard InChI is InChI=1S/C19H17NO4/c1-12-4-5-14(10-17(12)24-3)19(22)16(11-20)18(21)13-6-8-15(23-2)9-7-13/h4-10,16H,1-3H3/t16-/m0/s1. The quantitative estimate of drug-likeness (QED) is 0.602. The summed E-state index contributed by atoms with van der Waals surface area (Å²) in [5.74, 6) is -1.35. The van der Waals surface area contributed by atoms with Crippen molar-refractivity contribution in [2.24, 2.45) is 5.92 Å². The molecule has 0 heterocycles. The summed E-state index contributed by atoms with van der Waals surface area (Å²) in [5, 5.41) is 9.32. The number of rotatable bonds is 6. The van der Waals surface area contributed by atoms with E-state index in [1.807, 2.05) is 13.0 Å². The average Bonchev–Trinajstić information content (AvgIpc) is 2.62. The van der Waals surface area contributed by atoms with Gasteiger partial charge in [-0.15, -0.1) is 0 Å². The maximum atomic E-state index is 12.6. The van der Waals surface area contributed by atoms with Crippen LogP contribution in [0.3, 0.4) is 0 Å². The number of Topliss-reactive ketones (excluding diaryl/α,β-unsaturated/α-hetero) is 2. The summed E-state index contributed by atoms with van der Waals surface area (Å²) >= 11 is 0. The van der Waals surface area contributed by atoms with E-state index in [2.05, 4.69) is 0 Å². The van der Waals surface area contributed by atoms with Gasteiger partial charge in [0.15, 0.2) is 17.5 Å². The van der Waals surface area contributed by atoms with Crippen molar-refractivity contribution in [3.63, 3.8) is 0 Å². The smallest absolute Gasteiger partial charge is 0.188 e. The van der Waals surface area contributed by atoms with E-state index in [4.69, 9.17) is 9.47 Å². The molecule has 0 N–H and O–H groups in total. The number of carbonyl (C=O) groups excluding carboxylic acids is 2. The molecule has 0 aliphatic carbocycles. The van der Waals surface area contributed by atoms with Gasteiger partial charge in [-0.2, -0.15) is 5.26 Å². The minimum atomic E-state index is -1.40. The van der Waals surface area contributed by atoms with E-state index in [0.717, 1.165) is 5.56 Å². The predicted molar refractivity (Wildman–Crippen MR) is 88.5 cm³/mol. The van der Waals surface area contributed by atoms with Crippen LogP contribution in [0.1, 0.15) is 26.3 Å². The fourth-order valence-electron chi connectivity index (χ4n) is 2.30. The maximum Gasteiger partial charge on any atom is 0.188 e. The van der Waals surface area contributed by atoms with Crippen molar-refractivity contribution >= 4 is 11.6 Å². The normalized spacial score (nSPS) is 11.2. The van der Waals surface area contributed by atoms with Crippen molar-refractivity contribution in [1.29, 1.82) is 5.26 Å². The summed E-state index contributed by atoms with van der Waals surface area (Å²) in [6.07, 6.45) is 0. The van der Waals surface area contributed by atoms with Crippen molar-refractivity contribution in [3.8, 4) is 17.6 Å². The van der Waals surface area contributed by atoms with E-state index < -0.39 is 17.5 Å². The molecular weight excluding hydrogens is 306 g/mol. The predicted octanol–water partition coefficient (Wildman–Crippen LogP) is 3.22. The summed E-state index contributed by atoms with van der Waals surface area (Å²) < 4.78 is 10.2. The molecule has 0 amide bonds. The number of methoxy groups -OCH3 is 2. The molecule has 2 aromatic carbocycles. The van der Waals surface area contributed by atoms with Crippen LogP contribution in [0, 0.1) is 24.2 Å². The van der Waals surface area contributed by atoms with Gasteiger partial charge in [-0.3, -0.25) is 9.59 Å². The van der Waals surface area contributed by atoms with Gasteiger partial charge in [0, 0.05) is 11.1 Å². The zero-order chi connectivity index (χ0) is 17.7.